The number of hydrazone groups is 1. The lowest BCUT2D eigenvalue weighted by molar-refractivity contribution is 0.477. The summed E-state index contributed by atoms with van der Waals surface area (Å²) in [7, 11) is 0. The zero-order valence-electron chi connectivity index (χ0n) is 12.9. The van der Waals surface area contributed by atoms with Gasteiger partial charge in [-0.15, -0.1) is 0 Å². The van der Waals surface area contributed by atoms with Gasteiger partial charge in [-0.05, 0) is 25.1 Å². The minimum absolute atomic E-state index is 0.133. The van der Waals surface area contributed by atoms with Gasteiger partial charge in [-0.25, -0.2) is 9.97 Å². The molecule has 3 aromatic rings. The van der Waals surface area contributed by atoms with E-state index in [1.54, 1.807) is 36.5 Å². The normalized spacial score (nSPS) is 10.9. The molecule has 0 aliphatic heterocycles. The number of benzene rings is 2. The quantitative estimate of drug-likeness (QED) is 0.551. The first-order valence-electron chi connectivity index (χ1n) is 7.31. The SMILES string of the molecule is Cc1cc(NN=Cc2ccccc2Cl)nc(-c2ccccc2O)n1. The minimum Gasteiger partial charge on any atom is -0.507 e. The Morgan fingerprint density at radius 3 is 2.62 bits per heavy atom. The van der Waals surface area contributed by atoms with E-state index in [1.807, 2.05) is 31.2 Å². The third-order valence-corrected chi connectivity index (χ3v) is 3.63. The van der Waals surface area contributed by atoms with Crippen LogP contribution in [0.1, 0.15) is 11.3 Å². The second-order valence-electron chi connectivity index (χ2n) is 5.13. The van der Waals surface area contributed by atoms with Crippen molar-refractivity contribution in [1.29, 1.82) is 0 Å². The molecule has 0 unspecified atom stereocenters. The number of phenols is 1. The standard InChI is InChI=1S/C18H15ClN4O/c1-12-10-17(23-20-11-13-6-2-4-8-15(13)19)22-18(21-12)14-7-3-5-9-16(14)24/h2-11,24H,1H3,(H,21,22,23). The summed E-state index contributed by atoms with van der Waals surface area (Å²) in [6, 6.07) is 16.1. The fraction of sp³-hybridized carbons (Fsp3) is 0.0556. The molecule has 3 rings (SSSR count). The maximum absolute atomic E-state index is 9.96. The van der Waals surface area contributed by atoms with Gasteiger partial charge in [0.2, 0.25) is 0 Å². The molecule has 0 fully saturated rings. The number of aryl methyl sites for hydroxylation is 1. The van der Waals surface area contributed by atoms with Crippen LogP contribution < -0.4 is 5.43 Å². The Morgan fingerprint density at radius 2 is 1.83 bits per heavy atom. The fourth-order valence-corrected chi connectivity index (χ4v) is 2.34. The van der Waals surface area contributed by atoms with Gasteiger partial charge >= 0.3 is 0 Å². The van der Waals surface area contributed by atoms with Gasteiger partial charge in [0.15, 0.2) is 11.6 Å². The molecule has 2 N–H and O–H groups in total. The number of rotatable bonds is 4. The lowest BCUT2D eigenvalue weighted by Gasteiger charge is -2.07. The molecule has 1 aromatic heterocycles. The van der Waals surface area contributed by atoms with Crippen LogP contribution >= 0.6 is 11.6 Å². The van der Waals surface area contributed by atoms with Crippen molar-refractivity contribution in [1.82, 2.24) is 9.97 Å². The molecule has 0 bridgehead atoms. The highest BCUT2D eigenvalue weighted by molar-refractivity contribution is 6.33. The molecule has 120 valence electrons. The molecule has 5 nitrogen and oxygen atoms in total. The number of hydrogen-bond donors (Lipinski definition) is 2. The maximum atomic E-state index is 9.96. The van der Waals surface area contributed by atoms with Crippen molar-refractivity contribution in [2.75, 3.05) is 5.43 Å². The molecule has 0 saturated heterocycles. The first kappa shape index (κ1) is 16.0. The summed E-state index contributed by atoms with van der Waals surface area (Å²) in [6.07, 6.45) is 1.62. The Balaban J connectivity index is 1.85. The molecule has 6 heteroatoms. The van der Waals surface area contributed by atoms with Gasteiger partial charge in [0, 0.05) is 22.3 Å². The molecule has 0 aliphatic carbocycles. The van der Waals surface area contributed by atoms with Crippen LogP contribution in [0.25, 0.3) is 11.4 Å². The van der Waals surface area contributed by atoms with Gasteiger partial charge in [-0.3, -0.25) is 5.43 Å². The van der Waals surface area contributed by atoms with Crippen LogP contribution in [0.4, 0.5) is 5.82 Å². The molecule has 0 spiro atoms. The molecule has 1 heterocycles. The number of halogens is 1. The fourth-order valence-electron chi connectivity index (χ4n) is 2.16. The topological polar surface area (TPSA) is 70.4 Å². The third kappa shape index (κ3) is 3.70. The van der Waals surface area contributed by atoms with Crippen molar-refractivity contribution in [3.05, 3.63) is 70.9 Å². The number of para-hydroxylation sites is 1. The van der Waals surface area contributed by atoms with Crippen LogP contribution in [0.15, 0.2) is 59.7 Å². The molecular weight excluding hydrogens is 324 g/mol. The van der Waals surface area contributed by atoms with Crippen molar-refractivity contribution in [3.8, 4) is 17.1 Å². The van der Waals surface area contributed by atoms with Gasteiger partial charge in [0.1, 0.15) is 5.75 Å². The second kappa shape index (κ2) is 7.10. The molecule has 2 aromatic carbocycles. The predicted molar refractivity (Wildman–Crippen MR) is 96.5 cm³/mol. The lowest BCUT2D eigenvalue weighted by atomic mass is 10.2. The first-order valence-corrected chi connectivity index (χ1v) is 7.69. The molecule has 0 radical (unpaired) electrons. The van der Waals surface area contributed by atoms with Gasteiger partial charge in [0.05, 0.1) is 11.8 Å². The highest BCUT2D eigenvalue weighted by atomic mass is 35.5. The van der Waals surface area contributed by atoms with E-state index in [2.05, 4.69) is 20.5 Å². The van der Waals surface area contributed by atoms with Gasteiger partial charge in [-0.2, -0.15) is 5.10 Å². The molecule has 24 heavy (non-hydrogen) atoms. The number of anilines is 1. The Labute approximate surface area is 144 Å². The van der Waals surface area contributed by atoms with E-state index in [0.29, 0.717) is 22.2 Å². The van der Waals surface area contributed by atoms with Gasteiger partial charge in [0.25, 0.3) is 0 Å². The lowest BCUT2D eigenvalue weighted by Crippen LogP contribution is -1.99. The highest BCUT2D eigenvalue weighted by Crippen LogP contribution is 2.26. The Hall–Kier alpha value is -2.92. The number of phenolic OH excluding ortho intramolecular Hbond substituents is 1. The molecule has 0 saturated carbocycles. The zero-order valence-corrected chi connectivity index (χ0v) is 13.7. The van der Waals surface area contributed by atoms with E-state index in [9.17, 15) is 5.11 Å². The second-order valence-corrected chi connectivity index (χ2v) is 5.53. The summed E-state index contributed by atoms with van der Waals surface area (Å²) in [4.78, 5) is 8.75. The van der Waals surface area contributed by atoms with E-state index in [-0.39, 0.29) is 5.75 Å². The number of nitrogens with zero attached hydrogens (tertiary/aromatic N) is 3. The summed E-state index contributed by atoms with van der Waals surface area (Å²) in [6.45, 7) is 1.86. The van der Waals surface area contributed by atoms with Crippen LogP contribution in [0.2, 0.25) is 5.02 Å². The molecule has 0 aliphatic rings. The van der Waals surface area contributed by atoms with E-state index < -0.39 is 0 Å². The van der Waals surface area contributed by atoms with Crippen LogP contribution in [0, 0.1) is 6.92 Å². The monoisotopic (exact) mass is 338 g/mol. The van der Waals surface area contributed by atoms with Crippen LogP contribution in [0.3, 0.4) is 0 Å². The number of hydrogen-bond acceptors (Lipinski definition) is 5. The van der Waals surface area contributed by atoms with Crippen LogP contribution in [-0.4, -0.2) is 21.3 Å². The van der Waals surface area contributed by atoms with Gasteiger partial charge < -0.3 is 5.11 Å². The predicted octanol–water partition coefficient (Wildman–Crippen LogP) is 4.26. The summed E-state index contributed by atoms with van der Waals surface area (Å²) < 4.78 is 0. The average Bonchev–Trinajstić information content (AvgIpc) is 2.56. The number of nitrogens with one attached hydrogen (secondary N) is 1. The summed E-state index contributed by atoms with van der Waals surface area (Å²) in [5.41, 5.74) is 5.00. The Kier molecular flexibility index (Phi) is 4.72. The first-order chi connectivity index (χ1) is 11.6. The summed E-state index contributed by atoms with van der Waals surface area (Å²) in [5.74, 6) is 1.10. The van der Waals surface area contributed by atoms with E-state index >= 15 is 0 Å². The van der Waals surface area contributed by atoms with Crippen molar-refractivity contribution in [2.45, 2.75) is 6.92 Å². The average molecular weight is 339 g/mol. The smallest absolute Gasteiger partial charge is 0.165 e. The Bertz CT molecular complexity index is 896. The number of aromatic hydroxyl groups is 1. The molecular formula is C18H15ClN4O. The molecule has 0 atom stereocenters. The summed E-state index contributed by atoms with van der Waals surface area (Å²) >= 11 is 6.08. The van der Waals surface area contributed by atoms with Crippen molar-refractivity contribution >= 4 is 23.6 Å². The number of aromatic nitrogens is 2. The highest BCUT2D eigenvalue weighted by Gasteiger charge is 2.08. The van der Waals surface area contributed by atoms with Crippen LogP contribution in [-0.2, 0) is 0 Å². The van der Waals surface area contributed by atoms with Crippen molar-refractivity contribution in [2.24, 2.45) is 5.10 Å². The third-order valence-electron chi connectivity index (χ3n) is 3.29. The minimum atomic E-state index is 0.133. The zero-order chi connectivity index (χ0) is 16.9. The largest absolute Gasteiger partial charge is 0.507 e. The summed E-state index contributed by atoms with van der Waals surface area (Å²) in [5, 5.41) is 14.7. The van der Waals surface area contributed by atoms with E-state index in [4.69, 9.17) is 11.6 Å². The molecule has 0 amide bonds. The van der Waals surface area contributed by atoms with Gasteiger partial charge in [-0.1, -0.05) is 41.9 Å². The Morgan fingerprint density at radius 1 is 1.08 bits per heavy atom. The van der Waals surface area contributed by atoms with E-state index in [0.717, 1.165) is 11.3 Å². The van der Waals surface area contributed by atoms with Crippen molar-refractivity contribution in [3.63, 3.8) is 0 Å². The van der Waals surface area contributed by atoms with E-state index in [1.165, 1.54) is 0 Å². The van der Waals surface area contributed by atoms with Crippen molar-refractivity contribution < 1.29 is 5.11 Å². The van der Waals surface area contributed by atoms with Crippen LogP contribution in [0.5, 0.6) is 5.75 Å². The maximum Gasteiger partial charge on any atom is 0.165 e.